The van der Waals surface area contributed by atoms with Gasteiger partial charge in [0.05, 0.1) is 12.5 Å². The number of carbonyl (C=O) groups is 1. The molecule has 1 aromatic carbocycles. The fourth-order valence-electron chi connectivity index (χ4n) is 2.79. The molecule has 2 rings (SSSR count). The highest BCUT2D eigenvalue weighted by Crippen LogP contribution is 2.32. The van der Waals surface area contributed by atoms with Crippen molar-refractivity contribution in [2.45, 2.75) is 24.7 Å². The average Bonchev–Trinajstić information content (AvgIpc) is 2.61. The van der Waals surface area contributed by atoms with Crippen LogP contribution in [0, 0.1) is 5.92 Å². The summed E-state index contributed by atoms with van der Waals surface area (Å²) in [7, 11) is -3.80. The second-order valence-corrected chi connectivity index (χ2v) is 8.10. The Morgan fingerprint density at radius 1 is 1.52 bits per heavy atom. The van der Waals surface area contributed by atoms with Gasteiger partial charge in [-0.05, 0) is 38.0 Å². The largest absolute Gasteiger partial charge is 0.492 e. The molecule has 1 amide bonds. The summed E-state index contributed by atoms with van der Waals surface area (Å²) in [5, 5.41) is 3.05. The molecule has 1 fully saturated rings. The summed E-state index contributed by atoms with van der Waals surface area (Å²) in [5.74, 6) is -0.265. The SMILES string of the molecule is C=CCNC(=O)[C@@H]1CCCN(S(=O)(=O)c2cc(Cl)ccc2OCC)C1. The van der Waals surface area contributed by atoms with Crippen molar-refractivity contribution in [1.82, 2.24) is 9.62 Å². The van der Waals surface area contributed by atoms with Gasteiger partial charge >= 0.3 is 0 Å². The van der Waals surface area contributed by atoms with Gasteiger partial charge in [0.2, 0.25) is 15.9 Å². The maximum Gasteiger partial charge on any atom is 0.246 e. The third kappa shape index (κ3) is 4.74. The lowest BCUT2D eigenvalue weighted by Crippen LogP contribution is -2.45. The van der Waals surface area contributed by atoms with Crippen molar-refractivity contribution in [2.24, 2.45) is 5.92 Å². The number of nitrogens with zero attached hydrogens (tertiary/aromatic N) is 1. The smallest absolute Gasteiger partial charge is 0.246 e. The van der Waals surface area contributed by atoms with E-state index in [9.17, 15) is 13.2 Å². The van der Waals surface area contributed by atoms with Gasteiger partial charge in [0.1, 0.15) is 10.6 Å². The molecule has 0 bridgehead atoms. The van der Waals surface area contributed by atoms with Crippen LogP contribution >= 0.6 is 11.6 Å². The van der Waals surface area contributed by atoms with E-state index in [0.29, 0.717) is 37.6 Å². The molecule has 1 saturated heterocycles. The fraction of sp³-hybridized carbons (Fsp3) is 0.471. The van der Waals surface area contributed by atoms with Crippen LogP contribution in [0.15, 0.2) is 35.7 Å². The van der Waals surface area contributed by atoms with Crippen molar-refractivity contribution in [2.75, 3.05) is 26.2 Å². The van der Waals surface area contributed by atoms with Gasteiger partial charge in [-0.1, -0.05) is 17.7 Å². The van der Waals surface area contributed by atoms with Crippen LogP contribution in [0.3, 0.4) is 0 Å². The van der Waals surface area contributed by atoms with E-state index < -0.39 is 10.0 Å². The van der Waals surface area contributed by atoms with E-state index >= 15 is 0 Å². The molecule has 138 valence electrons. The average molecular weight is 387 g/mol. The van der Waals surface area contributed by atoms with Crippen LogP contribution < -0.4 is 10.1 Å². The number of hydrogen-bond donors (Lipinski definition) is 1. The van der Waals surface area contributed by atoms with Crippen molar-refractivity contribution >= 4 is 27.5 Å². The summed E-state index contributed by atoms with van der Waals surface area (Å²) >= 11 is 5.99. The summed E-state index contributed by atoms with van der Waals surface area (Å²) in [6, 6.07) is 4.54. The first-order valence-corrected chi connectivity index (χ1v) is 10.0. The molecule has 8 heteroatoms. The van der Waals surface area contributed by atoms with Crippen LogP contribution in [0.4, 0.5) is 0 Å². The third-order valence-corrected chi connectivity index (χ3v) is 6.12. The minimum absolute atomic E-state index is 0.0361. The van der Waals surface area contributed by atoms with E-state index in [-0.39, 0.29) is 29.0 Å². The molecule has 0 aromatic heterocycles. The molecule has 1 aliphatic rings. The summed E-state index contributed by atoms with van der Waals surface area (Å²) in [5.41, 5.74) is 0. The molecule has 0 aliphatic carbocycles. The molecular weight excluding hydrogens is 364 g/mol. The standard InChI is InChI=1S/C17H23ClN2O4S/c1-3-9-19-17(21)13-6-5-10-20(12-13)25(22,23)16-11-14(18)7-8-15(16)24-4-2/h3,7-8,11,13H,1,4-6,9-10,12H2,2H3,(H,19,21)/t13-/m1/s1. The number of rotatable bonds is 7. The number of carbonyl (C=O) groups excluding carboxylic acids is 1. The van der Waals surface area contributed by atoms with E-state index in [2.05, 4.69) is 11.9 Å². The minimum atomic E-state index is -3.80. The predicted octanol–water partition coefficient (Wildman–Crippen LogP) is 2.44. The quantitative estimate of drug-likeness (QED) is 0.730. The number of hydrogen-bond acceptors (Lipinski definition) is 4. The van der Waals surface area contributed by atoms with Gasteiger partial charge in [-0.2, -0.15) is 4.31 Å². The molecule has 0 spiro atoms. The third-order valence-electron chi connectivity index (χ3n) is 4.00. The molecule has 1 aromatic rings. The van der Waals surface area contributed by atoms with E-state index in [1.807, 2.05) is 0 Å². The molecule has 25 heavy (non-hydrogen) atoms. The number of halogens is 1. The zero-order valence-electron chi connectivity index (χ0n) is 14.2. The number of amides is 1. The zero-order chi connectivity index (χ0) is 18.4. The van der Waals surface area contributed by atoms with Crippen molar-refractivity contribution < 1.29 is 17.9 Å². The van der Waals surface area contributed by atoms with Gasteiger partial charge in [0, 0.05) is 24.7 Å². The molecule has 0 unspecified atom stereocenters. The van der Waals surface area contributed by atoms with Crippen molar-refractivity contribution in [3.05, 3.63) is 35.9 Å². The molecule has 6 nitrogen and oxygen atoms in total. The van der Waals surface area contributed by atoms with Gasteiger partial charge in [0.15, 0.2) is 0 Å². The van der Waals surface area contributed by atoms with Crippen LogP contribution in [0.25, 0.3) is 0 Å². The fourth-order valence-corrected chi connectivity index (χ4v) is 4.71. The topological polar surface area (TPSA) is 75.7 Å². The lowest BCUT2D eigenvalue weighted by atomic mass is 9.99. The number of sulfonamides is 1. The van der Waals surface area contributed by atoms with Crippen molar-refractivity contribution in [3.63, 3.8) is 0 Å². The second-order valence-electron chi connectivity index (χ2n) is 5.76. The van der Waals surface area contributed by atoms with Crippen LogP contribution in [0.1, 0.15) is 19.8 Å². The highest BCUT2D eigenvalue weighted by molar-refractivity contribution is 7.89. The Morgan fingerprint density at radius 3 is 2.96 bits per heavy atom. The number of piperidine rings is 1. The Kier molecular flexibility index (Phi) is 6.87. The van der Waals surface area contributed by atoms with E-state index in [0.717, 1.165) is 0 Å². The Labute approximate surface area is 153 Å². The summed E-state index contributed by atoms with van der Waals surface area (Å²) in [6.45, 7) is 6.56. The van der Waals surface area contributed by atoms with Gasteiger partial charge < -0.3 is 10.1 Å². The lowest BCUT2D eigenvalue weighted by Gasteiger charge is -2.31. The summed E-state index contributed by atoms with van der Waals surface area (Å²) in [4.78, 5) is 12.2. The Balaban J connectivity index is 2.25. The van der Waals surface area contributed by atoms with Crippen LogP contribution in [-0.2, 0) is 14.8 Å². The van der Waals surface area contributed by atoms with Crippen molar-refractivity contribution in [1.29, 1.82) is 0 Å². The first kappa shape index (κ1) is 19.8. The number of benzene rings is 1. The normalized spacial score (nSPS) is 18.6. The van der Waals surface area contributed by atoms with E-state index in [4.69, 9.17) is 16.3 Å². The van der Waals surface area contributed by atoms with Crippen molar-refractivity contribution in [3.8, 4) is 5.75 Å². The summed E-state index contributed by atoms with van der Waals surface area (Å²) in [6.07, 6.45) is 2.87. The molecular formula is C17H23ClN2O4S. The highest BCUT2D eigenvalue weighted by atomic mass is 35.5. The first-order chi connectivity index (χ1) is 11.9. The van der Waals surface area contributed by atoms with Crippen LogP contribution in [0.5, 0.6) is 5.75 Å². The monoisotopic (exact) mass is 386 g/mol. The Hall–Kier alpha value is -1.57. The van der Waals surface area contributed by atoms with E-state index in [1.54, 1.807) is 25.1 Å². The molecule has 1 atom stereocenters. The maximum atomic E-state index is 13.1. The minimum Gasteiger partial charge on any atom is -0.492 e. The summed E-state index contributed by atoms with van der Waals surface area (Å²) < 4.78 is 32.9. The molecule has 1 aliphatic heterocycles. The molecule has 1 N–H and O–H groups in total. The van der Waals surface area contributed by atoms with Gasteiger partial charge in [-0.15, -0.1) is 6.58 Å². The lowest BCUT2D eigenvalue weighted by molar-refractivity contribution is -0.125. The maximum absolute atomic E-state index is 13.1. The first-order valence-electron chi connectivity index (χ1n) is 8.21. The van der Waals surface area contributed by atoms with Gasteiger partial charge in [-0.25, -0.2) is 8.42 Å². The van der Waals surface area contributed by atoms with Gasteiger partial charge in [-0.3, -0.25) is 4.79 Å². The molecule has 1 heterocycles. The Bertz CT molecular complexity index is 736. The predicted molar refractivity (Wildman–Crippen MR) is 97.3 cm³/mol. The molecule has 0 saturated carbocycles. The zero-order valence-corrected chi connectivity index (χ0v) is 15.8. The number of ether oxygens (including phenoxy) is 1. The van der Waals surface area contributed by atoms with E-state index in [1.165, 1.54) is 10.4 Å². The molecule has 0 radical (unpaired) electrons. The second kappa shape index (κ2) is 8.69. The number of nitrogens with one attached hydrogen (secondary N) is 1. The van der Waals surface area contributed by atoms with Crippen LogP contribution in [0.2, 0.25) is 5.02 Å². The highest BCUT2D eigenvalue weighted by Gasteiger charge is 2.34. The Morgan fingerprint density at radius 2 is 2.28 bits per heavy atom. The van der Waals surface area contributed by atoms with Gasteiger partial charge in [0.25, 0.3) is 0 Å². The van der Waals surface area contributed by atoms with Crippen LogP contribution in [-0.4, -0.2) is 44.9 Å².